The van der Waals surface area contributed by atoms with E-state index in [1.165, 1.54) is 33.2 Å². The van der Waals surface area contributed by atoms with E-state index in [1.54, 1.807) is 13.8 Å². The molecule has 1 aliphatic rings. The Hall–Kier alpha value is -4.86. The van der Waals surface area contributed by atoms with Gasteiger partial charge in [0.1, 0.15) is 48.1 Å². The molecule has 20 nitrogen and oxygen atoms in total. The van der Waals surface area contributed by atoms with Gasteiger partial charge in [-0.25, -0.2) is 4.98 Å². The van der Waals surface area contributed by atoms with E-state index in [4.69, 9.17) is 5.73 Å². The molecular weight excluding hydrogens is 713 g/mol. The van der Waals surface area contributed by atoms with Crippen molar-refractivity contribution in [1.82, 2.24) is 47.2 Å². The van der Waals surface area contributed by atoms with E-state index in [2.05, 4.69) is 47.2 Å². The Bertz CT molecular complexity index is 1460. The van der Waals surface area contributed by atoms with Gasteiger partial charge in [-0.3, -0.25) is 43.2 Å². The van der Waals surface area contributed by atoms with E-state index in [9.17, 15) is 48.3 Å². The van der Waals surface area contributed by atoms with Crippen LogP contribution in [0.15, 0.2) is 12.4 Å². The number of carboxylic acid groups (broad SMARTS) is 1. The van der Waals surface area contributed by atoms with E-state index in [0.29, 0.717) is 5.82 Å². The molecule has 8 amide bonds. The predicted molar refractivity (Wildman–Crippen MR) is 184 cm³/mol. The van der Waals surface area contributed by atoms with Crippen LogP contribution in [0.2, 0.25) is 0 Å². The van der Waals surface area contributed by atoms with Gasteiger partial charge in [0, 0.05) is 37.2 Å². The zero-order valence-electron chi connectivity index (χ0n) is 28.6. The Balaban J connectivity index is 2.47. The number of aliphatic carboxylic acids is 1. The fraction of sp³-hybridized carbons (Fsp3) is 0.586. The average Bonchev–Trinajstić information content (AvgIpc) is 3.55. The van der Waals surface area contributed by atoms with Crippen molar-refractivity contribution in [2.75, 3.05) is 11.5 Å². The molecule has 0 bridgehead atoms. The number of carbonyl (C=O) groups is 9. The second kappa shape index (κ2) is 20.1. The van der Waals surface area contributed by atoms with Gasteiger partial charge in [-0.1, -0.05) is 35.4 Å². The number of aromatic amines is 1. The quantitative estimate of drug-likeness (QED) is 0.121. The predicted octanol–water partition coefficient (Wildman–Crippen LogP) is -3.58. The number of rotatable bonds is 7. The normalized spacial score (nSPS) is 26.7. The van der Waals surface area contributed by atoms with E-state index in [-0.39, 0.29) is 17.9 Å². The number of hydrogen-bond donors (Lipinski definition) is 10. The highest BCUT2D eigenvalue weighted by atomic mass is 33.1. The number of carbonyl (C=O) groups excluding carboxylic acids is 8. The maximum absolute atomic E-state index is 13.4. The summed E-state index contributed by atoms with van der Waals surface area (Å²) in [6, 6.07) is -9.28. The Morgan fingerprint density at radius 1 is 0.843 bits per heavy atom. The molecule has 22 heteroatoms. The third kappa shape index (κ3) is 14.1. The third-order valence-corrected chi connectivity index (χ3v) is 9.68. The maximum atomic E-state index is 13.4. The summed E-state index contributed by atoms with van der Waals surface area (Å²) in [5.74, 6) is -8.62. The van der Waals surface area contributed by atoms with Crippen LogP contribution in [0.25, 0.3) is 0 Å². The smallest absolute Gasteiger partial charge is 0.305 e. The molecule has 1 saturated heterocycles. The van der Waals surface area contributed by atoms with E-state index in [1.807, 2.05) is 0 Å². The number of nitrogens with two attached hydrogens (primary N) is 1. The lowest BCUT2D eigenvalue weighted by molar-refractivity contribution is -0.141. The summed E-state index contributed by atoms with van der Waals surface area (Å²) in [7, 11) is 2.01. The Kier molecular flexibility index (Phi) is 16.7. The maximum Gasteiger partial charge on any atom is 0.305 e. The van der Waals surface area contributed by atoms with Crippen LogP contribution < -0.4 is 43.0 Å². The largest absolute Gasteiger partial charge is 0.481 e. The number of nitrogens with one attached hydrogen (secondary N) is 8. The topological polar surface area (TPSA) is 313 Å². The lowest BCUT2D eigenvalue weighted by Gasteiger charge is -2.27. The van der Waals surface area contributed by atoms with Crippen LogP contribution in [0, 0.1) is 5.92 Å². The Morgan fingerprint density at radius 3 is 1.96 bits per heavy atom. The first-order valence-electron chi connectivity index (χ1n) is 15.7. The Morgan fingerprint density at radius 2 is 1.41 bits per heavy atom. The zero-order chi connectivity index (χ0) is 38.4. The molecule has 0 radical (unpaired) electrons. The molecule has 0 saturated carbocycles. The molecule has 51 heavy (non-hydrogen) atoms. The third-order valence-electron chi connectivity index (χ3n) is 7.25. The van der Waals surface area contributed by atoms with Crippen molar-refractivity contribution in [2.45, 2.75) is 89.8 Å². The molecule has 2 heterocycles. The average molecular weight is 757 g/mol. The van der Waals surface area contributed by atoms with Crippen molar-refractivity contribution in [3.8, 4) is 0 Å². The van der Waals surface area contributed by atoms with Gasteiger partial charge in [-0.05, 0) is 19.8 Å². The minimum absolute atomic E-state index is 0.0689. The number of carboxylic acids is 1. The van der Waals surface area contributed by atoms with Crippen molar-refractivity contribution in [3.05, 3.63) is 18.2 Å². The molecular formula is C29H44N10O10S2. The van der Waals surface area contributed by atoms with E-state index >= 15 is 0 Å². The molecule has 1 aromatic rings. The summed E-state index contributed by atoms with van der Waals surface area (Å²) < 4.78 is 0. The second-order valence-corrected chi connectivity index (χ2v) is 14.5. The zero-order valence-corrected chi connectivity index (χ0v) is 30.2. The first kappa shape index (κ1) is 42.3. The first-order chi connectivity index (χ1) is 23.9. The molecule has 7 atom stereocenters. The highest BCUT2D eigenvalue weighted by Gasteiger charge is 2.34. The highest BCUT2D eigenvalue weighted by molar-refractivity contribution is 8.76. The number of imidazole rings is 1. The fourth-order valence-corrected chi connectivity index (χ4v) is 6.80. The van der Waals surface area contributed by atoms with Gasteiger partial charge in [-0.2, -0.15) is 0 Å². The monoisotopic (exact) mass is 756 g/mol. The second-order valence-electron chi connectivity index (χ2n) is 11.9. The molecule has 282 valence electrons. The van der Waals surface area contributed by atoms with Crippen molar-refractivity contribution < 1.29 is 48.3 Å². The number of nitrogens with zero attached hydrogens (tertiary/aromatic N) is 1. The summed E-state index contributed by atoms with van der Waals surface area (Å²) in [6.45, 7) is 7.01. The summed E-state index contributed by atoms with van der Waals surface area (Å²) in [4.78, 5) is 122. The molecule has 0 spiro atoms. The number of amides is 8. The van der Waals surface area contributed by atoms with Crippen molar-refractivity contribution in [1.29, 1.82) is 0 Å². The van der Waals surface area contributed by atoms with E-state index in [0.717, 1.165) is 21.6 Å². The molecule has 1 aromatic heterocycles. The van der Waals surface area contributed by atoms with Crippen LogP contribution in [0.4, 0.5) is 0 Å². The highest BCUT2D eigenvalue weighted by Crippen LogP contribution is 2.23. The summed E-state index contributed by atoms with van der Waals surface area (Å²) in [6.07, 6.45) is 1.91. The van der Waals surface area contributed by atoms with Crippen LogP contribution >= 0.6 is 21.6 Å². The van der Waals surface area contributed by atoms with Crippen LogP contribution in [-0.4, -0.2) is 122 Å². The number of aromatic nitrogens is 2. The van der Waals surface area contributed by atoms with Gasteiger partial charge in [0.2, 0.25) is 47.3 Å². The van der Waals surface area contributed by atoms with Crippen LogP contribution in [0.1, 0.15) is 46.9 Å². The molecule has 1 unspecified atom stereocenters. The fourth-order valence-electron chi connectivity index (χ4n) is 4.45. The molecule has 1 fully saturated rings. The molecule has 2 rings (SSSR count). The van der Waals surface area contributed by atoms with Crippen LogP contribution in [-0.2, 0) is 49.6 Å². The molecule has 0 aliphatic carbocycles. The van der Waals surface area contributed by atoms with Crippen LogP contribution in [0.3, 0.4) is 0 Å². The van der Waals surface area contributed by atoms with Gasteiger partial charge in [0.05, 0.1) is 6.42 Å². The lowest BCUT2D eigenvalue weighted by atomic mass is 10.0. The summed E-state index contributed by atoms with van der Waals surface area (Å²) >= 11 is 0. The van der Waals surface area contributed by atoms with Crippen LogP contribution in [0.5, 0.6) is 0 Å². The molecule has 0 aromatic carbocycles. The van der Waals surface area contributed by atoms with Crippen molar-refractivity contribution in [3.63, 3.8) is 0 Å². The van der Waals surface area contributed by atoms with Gasteiger partial charge >= 0.3 is 5.97 Å². The summed E-state index contributed by atoms with van der Waals surface area (Å²) in [5, 5.41) is 26.5. The van der Waals surface area contributed by atoms with E-state index < -0.39 is 108 Å². The Labute approximate surface area is 300 Å². The number of H-pyrrole nitrogens is 1. The standard InChI is InChI=1S/C29H44N10O10S2/c1-12(2)22-29(49)37-17(9-21(41)42)27(47)38-18(23(30)43)10-50-51-11-19(35-15(5)40)28(48)34-13(3)24(44)36-16(8-20-31-6-7-32-20)26(46)33-14(4)25(45)39-22/h6-7,12-14,16-19,22H,8-11H2,1-5H3,(H2,30,43)(H,31,32)(H,33,46)(H,34,48)(H,35,40)(H,36,44)(H,37,49)(H,38,47)(H,39,45)(H,41,42)/t13-,14-,16-,17?,18-,19+,22-/m0/s1. The minimum atomic E-state index is -1.69. The summed E-state index contributed by atoms with van der Waals surface area (Å²) in [5.41, 5.74) is 5.47. The number of primary amides is 1. The van der Waals surface area contributed by atoms with Gasteiger partial charge in [0.15, 0.2) is 0 Å². The first-order valence-corrected chi connectivity index (χ1v) is 18.2. The lowest BCUT2D eigenvalue weighted by Crippen LogP contribution is -2.60. The van der Waals surface area contributed by atoms with Crippen molar-refractivity contribution >= 4 is 74.8 Å². The SMILES string of the molecule is CC(=O)N[C@@H]1CSSC[C@@H](C(N)=O)NC(=O)C(CC(=O)O)NC(=O)[C@H](C(C)C)NC(=O)[C@H](C)NC(=O)[C@H](Cc2ncc[nH]2)NC(=O)[C@H](C)NC1=O. The van der Waals surface area contributed by atoms with Gasteiger partial charge in [0.25, 0.3) is 0 Å². The van der Waals surface area contributed by atoms with Crippen molar-refractivity contribution in [2.24, 2.45) is 11.7 Å². The molecule has 1 aliphatic heterocycles. The number of hydrogen-bond acceptors (Lipinski definition) is 12. The minimum Gasteiger partial charge on any atom is -0.481 e. The van der Waals surface area contributed by atoms with Gasteiger partial charge in [-0.15, -0.1) is 0 Å². The molecule has 11 N–H and O–H groups in total. The van der Waals surface area contributed by atoms with Gasteiger partial charge < -0.3 is 53.0 Å².